The van der Waals surface area contributed by atoms with E-state index in [1.807, 2.05) is 13.8 Å². The maximum absolute atomic E-state index is 13.4. The van der Waals surface area contributed by atoms with Crippen LogP contribution in [-0.2, 0) is 0 Å². The highest BCUT2D eigenvalue weighted by Crippen LogP contribution is 2.31. The number of benzene rings is 1. The van der Waals surface area contributed by atoms with Gasteiger partial charge in [-0.05, 0) is 38.0 Å². The molecule has 0 spiro atoms. The van der Waals surface area contributed by atoms with Crippen LogP contribution < -0.4 is 4.74 Å². The van der Waals surface area contributed by atoms with Crippen molar-refractivity contribution >= 4 is 0 Å². The second-order valence-electron chi connectivity index (χ2n) is 4.79. The van der Waals surface area contributed by atoms with Gasteiger partial charge in [0.05, 0.1) is 12.3 Å². The molecule has 20 heavy (non-hydrogen) atoms. The van der Waals surface area contributed by atoms with Gasteiger partial charge in [0, 0.05) is 17.8 Å². The lowest BCUT2D eigenvalue weighted by molar-refractivity contribution is 0.309. The second-order valence-corrected chi connectivity index (χ2v) is 4.79. The van der Waals surface area contributed by atoms with Crippen molar-refractivity contribution in [3.05, 3.63) is 41.6 Å². The van der Waals surface area contributed by atoms with Crippen LogP contribution in [0.25, 0.3) is 11.3 Å². The summed E-state index contributed by atoms with van der Waals surface area (Å²) in [5, 5.41) is 0. The van der Waals surface area contributed by atoms with Crippen molar-refractivity contribution in [1.82, 2.24) is 9.97 Å². The quantitative estimate of drug-likeness (QED) is 0.771. The minimum atomic E-state index is -0.302. The zero-order chi connectivity index (χ0) is 14.5. The van der Waals surface area contributed by atoms with Crippen LogP contribution in [0.15, 0.2) is 24.4 Å². The van der Waals surface area contributed by atoms with E-state index in [0.717, 1.165) is 29.7 Å². The second kappa shape index (κ2) is 6.46. The van der Waals surface area contributed by atoms with Crippen LogP contribution in [0.1, 0.15) is 31.2 Å². The summed E-state index contributed by atoms with van der Waals surface area (Å²) in [6, 6.07) is 4.56. The van der Waals surface area contributed by atoms with E-state index < -0.39 is 0 Å². The normalized spacial score (nSPS) is 10.6. The first-order valence-electron chi connectivity index (χ1n) is 6.84. The van der Waals surface area contributed by atoms with Gasteiger partial charge in [0.25, 0.3) is 0 Å². The third kappa shape index (κ3) is 3.32. The first-order chi connectivity index (χ1) is 9.61. The predicted molar refractivity (Wildman–Crippen MR) is 77.3 cm³/mol. The van der Waals surface area contributed by atoms with Gasteiger partial charge >= 0.3 is 0 Å². The van der Waals surface area contributed by atoms with E-state index in [1.54, 1.807) is 12.3 Å². The van der Waals surface area contributed by atoms with Crippen molar-refractivity contribution in [2.24, 2.45) is 0 Å². The highest BCUT2D eigenvalue weighted by atomic mass is 19.1. The van der Waals surface area contributed by atoms with Gasteiger partial charge in [0.1, 0.15) is 17.4 Å². The summed E-state index contributed by atoms with van der Waals surface area (Å²) in [7, 11) is 0. The molecule has 1 heterocycles. The Labute approximate surface area is 118 Å². The molecule has 0 aliphatic carbocycles. The largest absolute Gasteiger partial charge is 0.493 e. The fourth-order valence-electron chi connectivity index (χ4n) is 1.94. The average molecular weight is 274 g/mol. The molecular weight excluding hydrogens is 255 g/mol. The van der Waals surface area contributed by atoms with Gasteiger partial charge in [-0.3, -0.25) is 0 Å². The summed E-state index contributed by atoms with van der Waals surface area (Å²) >= 11 is 0. The van der Waals surface area contributed by atoms with E-state index >= 15 is 0 Å². The molecule has 0 saturated carbocycles. The molecule has 1 aromatic carbocycles. The Bertz CT molecular complexity index is 599. The van der Waals surface area contributed by atoms with Crippen molar-refractivity contribution in [2.75, 3.05) is 6.61 Å². The Kier molecular flexibility index (Phi) is 4.66. The molecule has 106 valence electrons. The Morgan fingerprint density at radius 2 is 2.05 bits per heavy atom. The summed E-state index contributed by atoms with van der Waals surface area (Å²) < 4.78 is 19.1. The van der Waals surface area contributed by atoms with Crippen LogP contribution in [0.4, 0.5) is 4.39 Å². The molecule has 0 N–H and O–H groups in total. The fourth-order valence-corrected chi connectivity index (χ4v) is 1.94. The Morgan fingerprint density at radius 1 is 1.25 bits per heavy atom. The molecule has 3 nitrogen and oxygen atoms in total. The lowest BCUT2D eigenvalue weighted by atomic mass is 10.1. The molecule has 0 atom stereocenters. The molecule has 4 heteroatoms. The van der Waals surface area contributed by atoms with E-state index in [4.69, 9.17) is 4.74 Å². The molecule has 0 amide bonds. The molecule has 0 bridgehead atoms. The maximum atomic E-state index is 13.4. The minimum Gasteiger partial charge on any atom is -0.493 e. The number of halogens is 1. The monoisotopic (exact) mass is 274 g/mol. The highest BCUT2D eigenvalue weighted by Gasteiger charge is 2.12. The first kappa shape index (κ1) is 14.4. The number of ether oxygens (including phenoxy) is 1. The van der Waals surface area contributed by atoms with Gasteiger partial charge in [-0.2, -0.15) is 0 Å². The number of unbranched alkanes of at least 4 members (excludes halogenated alkanes) is 1. The molecule has 0 saturated heterocycles. The van der Waals surface area contributed by atoms with E-state index in [9.17, 15) is 4.39 Å². The minimum absolute atomic E-state index is 0.302. The van der Waals surface area contributed by atoms with Crippen LogP contribution in [0.3, 0.4) is 0 Å². The van der Waals surface area contributed by atoms with Crippen LogP contribution in [0.2, 0.25) is 0 Å². The maximum Gasteiger partial charge on any atom is 0.131 e. The summed E-state index contributed by atoms with van der Waals surface area (Å²) in [6.07, 6.45) is 3.75. The molecule has 2 rings (SSSR count). The van der Waals surface area contributed by atoms with Crippen LogP contribution in [0.5, 0.6) is 5.75 Å². The van der Waals surface area contributed by atoms with E-state index in [-0.39, 0.29) is 5.82 Å². The van der Waals surface area contributed by atoms with E-state index in [0.29, 0.717) is 18.2 Å². The number of nitrogens with zero attached hydrogens (tertiary/aromatic N) is 2. The molecule has 0 aliphatic rings. The molecule has 0 unspecified atom stereocenters. The zero-order valence-corrected chi connectivity index (χ0v) is 12.1. The van der Waals surface area contributed by atoms with Gasteiger partial charge < -0.3 is 4.74 Å². The van der Waals surface area contributed by atoms with Gasteiger partial charge in [-0.1, -0.05) is 13.3 Å². The van der Waals surface area contributed by atoms with Crippen molar-refractivity contribution < 1.29 is 9.13 Å². The van der Waals surface area contributed by atoms with Crippen molar-refractivity contribution in [3.63, 3.8) is 0 Å². The number of hydrogen-bond donors (Lipinski definition) is 0. The number of aryl methyl sites for hydroxylation is 2. The number of rotatable bonds is 5. The lowest BCUT2D eigenvalue weighted by Crippen LogP contribution is -2.01. The fraction of sp³-hybridized carbons (Fsp3) is 0.375. The summed E-state index contributed by atoms with van der Waals surface area (Å²) in [6.45, 7) is 6.45. The summed E-state index contributed by atoms with van der Waals surface area (Å²) in [5.74, 6) is 0.928. The smallest absolute Gasteiger partial charge is 0.131 e. The van der Waals surface area contributed by atoms with Gasteiger partial charge in [-0.25, -0.2) is 14.4 Å². The zero-order valence-electron chi connectivity index (χ0n) is 12.1. The standard InChI is InChI=1S/C16H19FN2O/c1-4-5-8-20-15-9-13(17)6-7-14(15)16-11(2)10-18-12(3)19-16/h6-7,9-10H,4-5,8H2,1-3H3. The molecular formula is C16H19FN2O. The molecule has 0 fully saturated rings. The molecule has 2 aromatic rings. The summed E-state index contributed by atoms with van der Waals surface area (Å²) in [5.41, 5.74) is 2.55. The Balaban J connectivity index is 2.41. The molecule has 1 aromatic heterocycles. The number of hydrogen-bond acceptors (Lipinski definition) is 3. The van der Waals surface area contributed by atoms with Gasteiger partial charge in [0.15, 0.2) is 0 Å². The predicted octanol–water partition coefficient (Wildman–Crippen LogP) is 4.08. The SMILES string of the molecule is CCCCOc1cc(F)ccc1-c1nc(C)ncc1C. The third-order valence-electron chi connectivity index (χ3n) is 3.05. The topological polar surface area (TPSA) is 35.0 Å². The highest BCUT2D eigenvalue weighted by molar-refractivity contribution is 5.69. The Morgan fingerprint density at radius 3 is 2.80 bits per heavy atom. The van der Waals surface area contributed by atoms with Crippen molar-refractivity contribution in [2.45, 2.75) is 33.6 Å². The molecule has 0 aliphatic heterocycles. The Hall–Kier alpha value is -1.97. The van der Waals surface area contributed by atoms with Crippen LogP contribution >= 0.6 is 0 Å². The van der Waals surface area contributed by atoms with E-state index in [1.165, 1.54) is 12.1 Å². The van der Waals surface area contributed by atoms with Crippen molar-refractivity contribution in [1.29, 1.82) is 0 Å². The third-order valence-corrected chi connectivity index (χ3v) is 3.05. The van der Waals surface area contributed by atoms with Gasteiger partial charge in [0.2, 0.25) is 0 Å². The van der Waals surface area contributed by atoms with E-state index in [2.05, 4.69) is 16.9 Å². The van der Waals surface area contributed by atoms with Gasteiger partial charge in [-0.15, -0.1) is 0 Å². The van der Waals surface area contributed by atoms with Crippen molar-refractivity contribution in [3.8, 4) is 17.0 Å². The van der Waals surface area contributed by atoms with Crippen LogP contribution in [0, 0.1) is 19.7 Å². The average Bonchev–Trinajstić information content (AvgIpc) is 2.42. The first-order valence-corrected chi connectivity index (χ1v) is 6.84. The summed E-state index contributed by atoms with van der Waals surface area (Å²) in [4.78, 5) is 8.61. The van der Waals surface area contributed by atoms with Crippen LogP contribution in [-0.4, -0.2) is 16.6 Å². The molecule has 0 radical (unpaired) electrons. The number of aromatic nitrogens is 2. The lowest BCUT2D eigenvalue weighted by Gasteiger charge is -2.13.